The molecule has 1 aliphatic carbocycles. The maximum Gasteiger partial charge on any atom is 0.158 e. The molecule has 4 heteroatoms. The molecule has 1 aliphatic rings. The van der Waals surface area contributed by atoms with Gasteiger partial charge in [-0.25, -0.2) is 0 Å². The summed E-state index contributed by atoms with van der Waals surface area (Å²) in [6, 6.07) is 2.53. The Morgan fingerprint density at radius 3 is 2.60 bits per heavy atom. The number of hydrogen-bond donors (Lipinski definition) is 0. The second-order valence-electron chi connectivity index (χ2n) is 6.63. The van der Waals surface area contributed by atoms with Gasteiger partial charge in [0.1, 0.15) is 0 Å². The number of aromatic nitrogens is 2. The van der Waals surface area contributed by atoms with Crippen LogP contribution in [0.1, 0.15) is 57.7 Å². The summed E-state index contributed by atoms with van der Waals surface area (Å²) in [7, 11) is 3.89. The smallest absolute Gasteiger partial charge is 0.158 e. The minimum atomic E-state index is -0.436. The number of carbonyl (C=O) groups is 1. The van der Waals surface area contributed by atoms with Crippen molar-refractivity contribution in [2.75, 3.05) is 14.1 Å². The Morgan fingerprint density at radius 1 is 1.35 bits per heavy atom. The van der Waals surface area contributed by atoms with Gasteiger partial charge in [-0.05, 0) is 46.9 Å². The first-order valence-electron chi connectivity index (χ1n) is 7.66. The number of likely N-dealkylation sites (N-methyl/N-ethyl adjacent to an activating group) is 1. The van der Waals surface area contributed by atoms with Crippen LogP contribution in [-0.4, -0.2) is 40.1 Å². The third kappa shape index (κ3) is 3.29. The van der Waals surface area contributed by atoms with Crippen molar-refractivity contribution in [1.29, 1.82) is 0 Å². The molecule has 0 bridgehead atoms. The molecule has 1 saturated carbocycles. The summed E-state index contributed by atoms with van der Waals surface area (Å²) in [5.41, 5.74) is 0.463. The molecular formula is C16H27N3O. The highest BCUT2D eigenvalue weighted by atomic mass is 16.1. The zero-order valence-electron chi connectivity index (χ0n) is 13.2. The van der Waals surface area contributed by atoms with Crippen LogP contribution in [0.5, 0.6) is 0 Å². The predicted molar refractivity (Wildman–Crippen MR) is 80.8 cm³/mol. The van der Waals surface area contributed by atoms with Crippen molar-refractivity contribution in [3.63, 3.8) is 0 Å². The Balaban J connectivity index is 2.00. The Kier molecular flexibility index (Phi) is 4.63. The van der Waals surface area contributed by atoms with E-state index in [4.69, 9.17) is 0 Å². The second kappa shape index (κ2) is 6.08. The largest absolute Gasteiger partial charge is 0.298 e. The van der Waals surface area contributed by atoms with Gasteiger partial charge in [-0.2, -0.15) is 5.10 Å². The van der Waals surface area contributed by atoms with Crippen LogP contribution in [0.15, 0.2) is 12.3 Å². The molecule has 0 radical (unpaired) electrons. The van der Waals surface area contributed by atoms with E-state index in [2.05, 4.69) is 9.78 Å². The van der Waals surface area contributed by atoms with E-state index in [0.717, 1.165) is 5.69 Å². The normalized spacial score (nSPS) is 17.6. The highest BCUT2D eigenvalue weighted by Gasteiger charge is 2.30. The van der Waals surface area contributed by atoms with Gasteiger partial charge in [0.2, 0.25) is 0 Å². The summed E-state index contributed by atoms with van der Waals surface area (Å²) in [6.07, 6.45) is 8.85. The van der Waals surface area contributed by atoms with Gasteiger partial charge in [-0.15, -0.1) is 0 Å². The van der Waals surface area contributed by atoms with Crippen LogP contribution < -0.4 is 0 Å². The lowest BCUT2D eigenvalue weighted by molar-refractivity contribution is -0.127. The van der Waals surface area contributed by atoms with E-state index in [9.17, 15) is 4.79 Å². The SMILES string of the molecule is CN(C)C(C)(C)C(=O)Cc1ccn(C2CCCCC2)n1. The fourth-order valence-corrected chi connectivity index (χ4v) is 2.65. The van der Waals surface area contributed by atoms with E-state index >= 15 is 0 Å². The molecule has 1 fully saturated rings. The number of carbonyl (C=O) groups excluding carboxylic acids is 1. The molecule has 0 spiro atoms. The summed E-state index contributed by atoms with van der Waals surface area (Å²) >= 11 is 0. The maximum atomic E-state index is 12.4. The van der Waals surface area contributed by atoms with Crippen molar-refractivity contribution in [2.45, 2.75) is 64.0 Å². The Bertz CT molecular complexity index is 456. The fourth-order valence-electron chi connectivity index (χ4n) is 2.65. The first kappa shape index (κ1) is 15.2. The summed E-state index contributed by atoms with van der Waals surface area (Å²) in [5.74, 6) is 0.219. The van der Waals surface area contributed by atoms with E-state index < -0.39 is 5.54 Å². The third-order valence-electron chi connectivity index (χ3n) is 4.75. The van der Waals surface area contributed by atoms with Gasteiger partial charge in [0, 0.05) is 6.20 Å². The first-order valence-corrected chi connectivity index (χ1v) is 7.66. The molecular weight excluding hydrogens is 250 g/mol. The van der Waals surface area contributed by atoms with E-state index in [1.807, 2.05) is 45.1 Å². The quantitative estimate of drug-likeness (QED) is 0.830. The molecule has 1 aromatic rings. The van der Waals surface area contributed by atoms with Gasteiger partial charge in [0.25, 0.3) is 0 Å². The first-order chi connectivity index (χ1) is 9.41. The minimum absolute atomic E-state index is 0.219. The van der Waals surface area contributed by atoms with E-state index in [1.54, 1.807) is 0 Å². The molecule has 0 unspecified atom stereocenters. The van der Waals surface area contributed by atoms with Gasteiger partial charge in [-0.3, -0.25) is 14.4 Å². The van der Waals surface area contributed by atoms with Gasteiger partial charge >= 0.3 is 0 Å². The Labute approximate surface area is 122 Å². The Hall–Kier alpha value is -1.16. The summed E-state index contributed by atoms with van der Waals surface area (Å²) < 4.78 is 2.07. The summed E-state index contributed by atoms with van der Waals surface area (Å²) in [4.78, 5) is 14.3. The summed E-state index contributed by atoms with van der Waals surface area (Å²) in [6.45, 7) is 3.93. The lowest BCUT2D eigenvalue weighted by Gasteiger charge is -2.30. The van der Waals surface area contributed by atoms with E-state index in [-0.39, 0.29) is 5.78 Å². The third-order valence-corrected chi connectivity index (χ3v) is 4.75. The van der Waals surface area contributed by atoms with Gasteiger partial charge < -0.3 is 0 Å². The van der Waals surface area contributed by atoms with Crippen LogP contribution in [0.3, 0.4) is 0 Å². The standard InChI is InChI=1S/C16H27N3O/c1-16(2,18(3)4)15(20)12-13-10-11-19(17-13)14-8-6-5-7-9-14/h10-11,14H,5-9,12H2,1-4H3. The van der Waals surface area contributed by atoms with Crippen LogP contribution in [0.25, 0.3) is 0 Å². The minimum Gasteiger partial charge on any atom is -0.298 e. The molecule has 0 aromatic carbocycles. The van der Waals surface area contributed by atoms with Gasteiger partial charge in [0.15, 0.2) is 5.78 Å². The van der Waals surface area contributed by atoms with Crippen molar-refractivity contribution in [1.82, 2.24) is 14.7 Å². The van der Waals surface area contributed by atoms with Crippen molar-refractivity contribution in [2.24, 2.45) is 0 Å². The van der Waals surface area contributed by atoms with Crippen LogP contribution in [-0.2, 0) is 11.2 Å². The van der Waals surface area contributed by atoms with Crippen molar-refractivity contribution < 1.29 is 4.79 Å². The topological polar surface area (TPSA) is 38.1 Å². The molecule has 1 aromatic heterocycles. The van der Waals surface area contributed by atoms with Gasteiger partial charge in [0.05, 0.1) is 23.7 Å². The number of hydrogen-bond acceptors (Lipinski definition) is 3. The maximum absolute atomic E-state index is 12.4. The van der Waals surface area contributed by atoms with E-state index in [0.29, 0.717) is 12.5 Å². The second-order valence-corrected chi connectivity index (χ2v) is 6.63. The average molecular weight is 277 g/mol. The Morgan fingerprint density at radius 2 is 2.00 bits per heavy atom. The lowest BCUT2D eigenvalue weighted by atomic mass is 9.94. The number of rotatable bonds is 5. The molecule has 0 amide bonds. The molecule has 0 atom stereocenters. The highest BCUT2D eigenvalue weighted by molar-refractivity contribution is 5.89. The molecule has 112 valence electrons. The zero-order chi connectivity index (χ0) is 14.8. The predicted octanol–water partition coefficient (Wildman–Crippen LogP) is 2.84. The van der Waals surface area contributed by atoms with Crippen LogP contribution in [0, 0.1) is 0 Å². The average Bonchev–Trinajstić information content (AvgIpc) is 2.88. The molecule has 1 heterocycles. The van der Waals surface area contributed by atoms with Crippen LogP contribution in [0.2, 0.25) is 0 Å². The molecule has 20 heavy (non-hydrogen) atoms. The number of nitrogens with zero attached hydrogens (tertiary/aromatic N) is 3. The summed E-state index contributed by atoms with van der Waals surface area (Å²) in [5, 5.41) is 4.62. The van der Waals surface area contributed by atoms with E-state index in [1.165, 1.54) is 32.1 Å². The number of Topliss-reactive ketones (excluding diaryl/α,β-unsaturated/α-hetero) is 1. The molecule has 0 aliphatic heterocycles. The van der Waals surface area contributed by atoms with Crippen molar-refractivity contribution >= 4 is 5.78 Å². The molecule has 2 rings (SSSR count). The van der Waals surface area contributed by atoms with Crippen LogP contribution >= 0.6 is 0 Å². The molecule has 0 saturated heterocycles. The van der Waals surface area contributed by atoms with Crippen molar-refractivity contribution in [3.05, 3.63) is 18.0 Å². The van der Waals surface area contributed by atoms with Crippen molar-refractivity contribution in [3.8, 4) is 0 Å². The monoisotopic (exact) mass is 277 g/mol. The molecule has 0 N–H and O–H groups in total. The lowest BCUT2D eigenvalue weighted by Crippen LogP contribution is -2.46. The molecule has 4 nitrogen and oxygen atoms in total. The van der Waals surface area contributed by atoms with Gasteiger partial charge in [-0.1, -0.05) is 19.3 Å². The highest BCUT2D eigenvalue weighted by Crippen LogP contribution is 2.27. The number of ketones is 1. The zero-order valence-corrected chi connectivity index (χ0v) is 13.2. The fraction of sp³-hybridized carbons (Fsp3) is 0.750. The van der Waals surface area contributed by atoms with Crippen LogP contribution in [0.4, 0.5) is 0 Å².